The molecule has 0 saturated heterocycles. The van der Waals surface area contributed by atoms with E-state index < -0.39 is 5.97 Å². The highest BCUT2D eigenvalue weighted by Crippen LogP contribution is 2.06. The number of hydrogen-bond donors (Lipinski definition) is 1. The number of carbonyl (C=O) groups excluding carboxylic acids is 1. The van der Waals surface area contributed by atoms with Crippen LogP contribution in [0.15, 0.2) is 47.8 Å². The van der Waals surface area contributed by atoms with Gasteiger partial charge in [-0.15, -0.1) is 11.3 Å². The Labute approximate surface area is 110 Å². The highest BCUT2D eigenvalue weighted by molar-refractivity contribution is 7.09. The maximum absolute atomic E-state index is 10.8. The van der Waals surface area contributed by atoms with Gasteiger partial charge in [0, 0.05) is 5.56 Å². The first-order chi connectivity index (χ1) is 8.74. The fourth-order valence-corrected chi connectivity index (χ4v) is 2.71. The van der Waals surface area contributed by atoms with Crippen molar-refractivity contribution in [3.8, 4) is 0 Å². The molecule has 18 heavy (non-hydrogen) atoms. The minimum Gasteiger partial charge on any atom is -0.544 e. The van der Waals surface area contributed by atoms with Gasteiger partial charge in [0.2, 0.25) is 0 Å². The van der Waals surface area contributed by atoms with E-state index in [1.807, 2.05) is 47.8 Å². The van der Waals surface area contributed by atoms with Crippen LogP contribution < -0.4 is 10.0 Å². The Bertz CT molecular complexity index is 482. The first-order valence-electron chi connectivity index (χ1n) is 5.84. The Hall–Kier alpha value is -1.65. The average molecular weight is 261 g/mol. The molecule has 0 fully saturated rings. The van der Waals surface area contributed by atoms with Crippen molar-refractivity contribution in [1.82, 2.24) is 0 Å². The van der Waals surface area contributed by atoms with Crippen molar-refractivity contribution in [1.29, 1.82) is 0 Å². The van der Waals surface area contributed by atoms with Crippen LogP contribution in [0.2, 0.25) is 0 Å². The van der Waals surface area contributed by atoms with Crippen LogP contribution in [-0.2, 0) is 17.9 Å². The number of carbonyl (C=O) groups is 1. The molecule has 0 radical (unpaired) electrons. The fourth-order valence-electron chi connectivity index (χ4n) is 1.94. The molecule has 1 unspecified atom stereocenters. The van der Waals surface area contributed by atoms with Crippen molar-refractivity contribution < 1.29 is 14.8 Å². The molecule has 0 aliphatic carbocycles. The lowest BCUT2D eigenvalue weighted by Crippen LogP contribution is -3.10. The number of hydrogen-bond acceptors (Lipinski definition) is 3. The maximum Gasteiger partial charge on any atom is 0.118 e. The molecule has 0 saturated carbocycles. The molecule has 94 valence electrons. The van der Waals surface area contributed by atoms with Gasteiger partial charge in [-0.25, -0.2) is 0 Å². The Kier molecular flexibility index (Phi) is 4.50. The Balaban J connectivity index is 2.03. The van der Waals surface area contributed by atoms with Crippen LogP contribution in [0.3, 0.4) is 0 Å². The van der Waals surface area contributed by atoms with Crippen molar-refractivity contribution in [2.45, 2.75) is 13.1 Å². The summed E-state index contributed by atoms with van der Waals surface area (Å²) in [6.45, 7) is 1.46. The molecule has 1 aromatic heterocycles. The van der Waals surface area contributed by atoms with Gasteiger partial charge in [0.1, 0.15) is 19.6 Å². The molecule has 2 aromatic rings. The van der Waals surface area contributed by atoms with Gasteiger partial charge in [-0.05, 0) is 11.4 Å². The highest BCUT2D eigenvalue weighted by Gasteiger charge is 2.11. The van der Waals surface area contributed by atoms with Crippen LogP contribution in [-0.4, -0.2) is 12.5 Å². The molecule has 0 amide bonds. The van der Waals surface area contributed by atoms with Crippen LogP contribution >= 0.6 is 11.3 Å². The van der Waals surface area contributed by atoms with E-state index >= 15 is 0 Å². The van der Waals surface area contributed by atoms with Crippen LogP contribution in [0.4, 0.5) is 0 Å². The van der Waals surface area contributed by atoms with Crippen molar-refractivity contribution in [2.75, 3.05) is 6.54 Å². The summed E-state index contributed by atoms with van der Waals surface area (Å²) in [5.74, 6) is -1.00. The second kappa shape index (κ2) is 6.33. The van der Waals surface area contributed by atoms with Gasteiger partial charge >= 0.3 is 0 Å². The van der Waals surface area contributed by atoms with Crippen molar-refractivity contribution >= 4 is 17.3 Å². The molecular formula is C14H15NO2S. The van der Waals surface area contributed by atoms with Crippen molar-refractivity contribution in [3.63, 3.8) is 0 Å². The summed E-state index contributed by atoms with van der Waals surface area (Å²) in [5, 5.41) is 12.8. The summed E-state index contributed by atoms with van der Waals surface area (Å²) >= 11 is 1.65. The number of quaternary nitrogens is 1. The number of thiophene rings is 1. The zero-order valence-corrected chi connectivity index (χ0v) is 10.8. The van der Waals surface area contributed by atoms with E-state index in [2.05, 4.69) is 0 Å². The standard InChI is InChI=1S/C14H15NO2S/c16-14(17)11-15(10-13-7-4-8-18-13)9-12-5-2-1-3-6-12/h1-8H,9-11H2,(H,16,17). The smallest absolute Gasteiger partial charge is 0.118 e. The van der Waals surface area contributed by atoms with E-state index in [0.29, 0.717) is 6.54 Å². The van der Waals surface area contributed by atoms with Crippen LogP contribution in [0.25, 0.3) is 0 Å². The zero-order chi connectivity index (χ0) is 12.8. The molecule has 3 nitrogen and oxygen atoms in total. The molecular weight excluding hydrogens is 246 g/mol. The van der Waals surface area contributed by atoms with Crippen molar-refractivity contribution in [2.24, 2.45) is 0 Å². The number of carboxylic acid groups (broad SMARTS) is 1. The largest absolute Gasteiger partial charge is 0.544 e. The van der Waals surface area contributed by atoms with Gasteiger partial charge in [0.25, 0.3) is 0 Å². The molecule has 0 spiro atoms. The Morgan fingerprint density at radius 3 is 2.50 bits per heavy atom. The molecule has 1 aromatic carbocycles. The van der Waals surface area contributed by atoms with Crippen LogP contribution in [0.1, 0.15) is 10.4 Å². The van der Waals surface area contributed by atoms with E-state index in [-0.39, 0.29) is 6.54 Å². The SMILES string of the molecule is O=C([O-])C[NH+](Cc1ccccc1)Cc1cccs1. The van der Waals surface area contributed by atoms with E-state index in [1.54, 1.807) is 11.3 Å². The summed E-state index contributed by atoms with van der Waals surface area (Å²) in [6.07, 6.45) is 0. The minimum absolute atomic E-state index is 0.0345. The third-order valence-electron chi connectivity index (χ3n) is 2.70. The van der Waals surface area contributed by atoms with Gasteiger partial charge in [0.15, 0.2) is 0 Å². The van der Waals surface area contributed by atoms with Gasteiger partial charge in [0.05, 0.1) is 10.8 Å². The summed E-state index contributed by atoms with van der Waals surface area (Å²) in [6, 6.07) is 14.0. The van der Waals surface area contributed by atoms with Crippen molar-refractivity contribution in [3.05, 3.63) is 58.3 Å². The maximum atomic E-state index is 10.8. The highest BCUT2D eigenvalue weighted by atomic mass is 32.1. The normalized spacial score (nSPS) is 12.2. The molecule has 1 atom stereocenters. The molecule has 0 bridgehead atoms. The van der Waals surface area contributed by atoms with E-state index in [1.165, 1.54) is 4.88 Å². The molecule has 4 heteroatoms. The lowest BCUT2D eigenvalue weighted by atomic mass is 10.2. The number of carboxylic acids is 1. The fraction of sp³-hybridized carbons (Fsp3) is 0.214. The predicted molar refractivity (Wildman–Crippen MR) is 69.0 cm³/mol. The third-order valence-corrected chi connectivity index (χ3v) is 3.57. The number of aliphatic carboxylic acids is 1. The molecule has 0 aliphatic heterocycles. The minimum atomic E-state index is -1.00. The first kappa shape index (κ1) is 12.8. The van der Waals surface area contributed by atoms with E-state index in [0.717, 1.165) is 17.0 Å². The third kappa shape index (κ3) is 3.98. The van der Waals surface area contributed by atoms with E-state index in [4.69, 9.17) is 0 Å². The monoisotopic (exact) mass is 261 g/mol. The number of benzene rings is 1. The lowest BCUT2D eigenvalue weighted by Gasteiger charge is -2.19. The molecule has 1 N–H and O–H groups in total. The molecule has 0 aliphatic rings. The van der Waals surface area contributed by atoms with Crippen LogP contribution in [0.5, 0.6) is 0 Å². The second-order valence-corrected chi connectivity index (χ2v) is 5.25. The van der Waals surface area contributed by atoms with Crippen LogP contribution in [0, 0.1) is 0 Å². The average Bonchev–Trinajstić information content (AvgIpc) is 2.82. The number of nitrogens with one attached hydrogen (secondary N) is 1. The van der Waals surface area contributed by atoms with E-state index in [9.17, 15) is 9.90 Å². The Morgan fingerprint density at radius 2 is 1.89 bits per heavy atom. The van der Waals surface area contributed by atoms with Gasteiger partial charge in [-0.2, -0.15) is 0 Å². The van der Waals surface area contributed by atoms with Gasteiger partial charge < -0.3 is 14.8 Å². The summed E-state index contributed by atoms with van der Waals surface area (Å²) in [4.78, 5) is 13.0. The molecule has 2 rings (SSSR count). The number of rotatable bonds is 6. The first-order valence-corrected chi connectivity index (χ1v) is 6.72. The second-order valence-electron chi connectivity index (χ2n) is 4.22. The van der Waals surface area contributed by atoms with Gasteiger partial charge in [-0.1, -0.05) is 36.4 Å². The predicted octanol–water partition coefficient (Wildman–Crippen LogP) is 0.0831. The zero-order valence-electron chi connectivity index (χ0n) is 9.96. The molecule has 1 heterocycles. The quantitative estimate of drug-likeness (QED) is 0.800. The topological polar surface area (TPSA) is 44.6 Å². The summed E-state index contributed by atoms with van der Waals surface area (Å²) in [7, 11) is 0. The Morgan fingerprint density at radius 1 is 1.11 bits per heavy atom. The van der Waals surface area contributed by atoms with Gasteiger partial charge in [-0.3, -0.25) is 0 Å². The summed E-state index contributed by atoms with van der Waals surface area (Å²) in [5.41, 5.74) is 1.14. The lowest BCUT2D eigenvalue weighted by molar-refractivity contribution is -0.921. The summed E-state index contributed by atoms with van der Waals surface area (Å²) < 4.78 is 0.